The summed E-state index contributed by atoms with van der Waals surface area (Å²) in [7, 11) is 0. The first kappa shape index (κ1) is 18.5. The lowest BCUT2D eigenvalue weighted by Crippen LogP contribution is -2.35. The van der Waals surface area contributed by atoms with Crippen LogP contribution < -0.4 is 20.7 Å². The highest BCUT2D eigenvalue weighted by Crippen LogP contribution is 2.27. The zero-order chi connectivity index (χ0) is 18.2. The normalized spacial score (nSPS) is 10.0. The highest BCUT2D eigenvalue weighted by atomic mass is 35.5. The molecule has 6 nitrogen and oxygen atoms in total. The quantitative estimate of drug-likeness (QED) is 0.731. The number of ether oxygens (including phenoxy) is 1. The van der Waals surface area contributed by atoms with E-state index in [1.807, 2.05) is 6.92 Å². The molecule has 0 spiro atoms. The van der Waals surface area contributed by atoms with Gasteiger partial charge in [0.25, 0.3) is 0 Å². The number of anilines is 2. The molecule has 0 saturated carbocycles. The average molecular weight is 366 g/mol. The van der Waals surface area contributed by atoms with Crippen LogP contribution in [0.2, 0.25) is 5.02 Å². The molecule has 8 heteroatoms. The van der Waals surface area contributed by atoms with Gasteiger partial charge in [-0.1, -0.05) is 17.7 Å². The van der Waals surface area contributed by atoms with Crippen LogP contribution in [0.3, 0.4) is 0 Å². The van der Waals surface area contributed by atoms with Gasteiger partial charge in [0, 0.05) is 11.4 Å². The molecule has 0 bridgehead atoms. The molecular weight excluding hydrogens is 349 g/mol. The number of hydrogen-bond donors (Lipinski definition) is 3. The smallest absolute Gasteiger partial charge is 0.319 e. The number of carbonyl (C=O) groups is 2. The average Bonchev–Trinajstić information content (AvgIpc) is 2.56. The maximum atomic E-state index is 13.0. The lowest BCUT2D eigenvalue weighted by molar-refractivity contribution is -0.115. The van der Waals surface area contributed by atoms with Crippen LogP contribution in [0.25, 0.3) is 0 Å². The zero-order valence-corrected chi connectivity index (χ0v) is 14.2. The zero-order valence-electron chi connectivity index (χ0n) is 13.4. The van der Waals surface area contributed by atoms with E-state index in [-0.39, 0.29) is 6.54 Å². The van der Waals surface area contributed by atoms with Crippen molar-refractivity contribution in [3.63, 3.8) is 0 Å². The number of halogens is 2. The Kier molecular flexibility index (Phi) is 6.59. The SMILES string of the molecule is CCOc1ccc(NC(=O)NCC(=O)Nc2cccc(F)c2)cc1Cl. The molecule has 0 aliphatic carbocycles. The van der Waals surface area contributed by atoms with Gasteiger partial charge in [-0.2, -0.15) is 0 Å². The molecule has 0 atom stereocenters. The van der Waals surface area contributed by atoms with E-state index in [9.17, 15) is 14.0 Å². The molecule has 3 amide bonds. The van der Waals surface area contributed by atoms with Gasteiger partial charge in [-0.05, 0) is 43.3 Å². The molecule has 3 N–H and O–H groups in total. The van der Waals surface area contributed by atoms with Crippen LogP contribution in [0.4, 0.5) is 20.6 Å². The second-order valence-corrected chi connectivity index (χ2v) is 5.35. The Labute approximate surface area is 149 Å². The van der Waals surface area contributed by atoms with Gasteiger partial charge in [0.1, 0.15) is 11.6 Å². The van der Waals surface area contributed by atoms with Crippen molar-refractivity contribution >= 4 is 34.9 Å². The van der Waals surface area contributed by atoms with E-state index in [0.29, 0.717) is 28.8 Å². The summed E-state index contributed by atoms with van der Waals surface area (Å²) in [6.45, 7) is 2.05. The van der Waals surface area contributed by atoms with Gasteiger partial charge < -0.3 is 20.7 Å². The number of rotatable bonds is 6. The molecule has 0 unspecified atom stereocenters. The lowest BCUT2D eigenvalue weighted by atomic mass is 10.3. The third-order valence-corrected chi connectivity index (χ3v) is 3.30. The van der Waals surface area contributed by atoms with E-state index in [2.05, 4.69) is 16.0 Å². The predicted octanol–water partition coefficient (Wildman–Crippen LogP) is 3.64. The first-order valence-corrected chi connectivity index (χ1v) is 7.88. The standard InChI is InChI=1S/C17H17ClFN3O3/c1-2-25-15-7-6-13(9-14(15)18)22-17(24)20-10-16(23)21-12-5-3-4-11(19)8-12/h3-9H,2,10H2,1H3,(H,21,23)(H2,20,22,24). The van der Waals surface area contributed by atoms with Crippen LogP contribution in [0.15, 0.2) is 42.5 Å². The van der Waals surface area contributed by atoms with E-state index in [1.54, 1.807) is 24.3 Å². The number of amides is 3. The van der Waals surface area contributed by atoms with Gasteiger partial charge in [0.2, 0.25) is 5.91 Å². The van der Waals surface area contributed by atoms with Crippen LogP contribution >= 0.6 is 11.6 Å². The summed E-state index contributed by atoms with van der Waals surface area (Å²) in [6.07, 6.45) is 0. The fraction of sp³-hybridized carbons (Fsp3) is 0.176. The van der Waals surface area contributed by atoms with Crippen LogP contribution in [0.1, 0.15) is 6.92 Å². The van der Waals surface area contributed by atoms with Crippen molar-refractivity contribution in [2.24, 2.45) is 0 Å². The fourth-order valence-corrected chi connectivity index (χ4v) is 2.19. The summed E-state index contributed by atoms with van der Waals surface area (Å²) < 4.78 is 18.3. The minimum absolute atomic E-state index is 0.271. The van der Waals surface area contributed by atoms with Gasteiger partial charge in [-0.3, -0.25) is 4.79 Å². The van der Waals surface area contributed by atoms with Crippen LogP contribution in [-0.2, 0) is 4.79 Å². The molecule has 0 aliphatic rings. The van der Waals surface area contributed by atoms with E-state index < -0.39 is 17.8 Å². The number of urea groups is 1. The molecule has 2 rings (SSSR count). The largest absolute Gasteiger partial charge is 0.492 e. The van der Waals surface area contributed by atoms with Gasteiger partial charge in [-0.15, -0.1) is 0 Å². The van der Waals surface area contributed by atoms with Crippen molar-refractivity contribution in [1.29, 1.82) is 0 Å². The Morgan fingerprint density at radius 3 is 2.56 bits per heavy atom. The maximum Gasteiger partial charge on any atom is 0.319 e. The number of nitrogens with one attached hydrogen (secondary N) is 3. The van der Waals surface area contributed by atoms with Crippen molar-refractivity contribution in [2.45, 2.75) is 6.92 Å². The number of carbonyl (C=O) groups excluding carboxylic acids is 2. The molecule has 0 aromatic heterocycles. The van der Waals surface area contributed by atoms with E-state index >= 15 is 0 Å². The van der Waals surface area contributed by atoms with Gasteiger partial charge in [0.15, 0.2) is 0 Å². The first-order chi connectivity index (χ1) is 12.0. The summed E-state index contributed by atoms with van der Waals surface area (Å²) in [6, 6.07) is 9.70. The Bertz CT molecular complexity index is 771. The summed E-state index contributed by atoms with van der Waals surface area (Å²) in [5.41, 5.74) is 0.766. The molecule has 25 heavy (non-hydrogen) atoms. The third-order valence-electron chi connectivity index (χ3n) is 3.01. The summed E-state index contributed by atoms with van der Waals surface area (Å²) in [4.78, 5) is 23.5. The second kappa shape index (κ2) is 8.89. The van der Waals surface area contributed by atoms with E-state index in [4.69, 9.17) is 16.3 Å². The third kappa shape index (κ3) is 5.96. The van der Waals surface area contributed by atoms with E-state index in [0.717, 1.165) is 0 Å². The maximum absolute atomic E-state index is 13.0. The fourth-order valence-electron chi connectivity index (χ4n) is 1.96. The van der Waals surface area contributed by atoms with Crippen molar-refractivity contribution in [2.75, 3.05) is 23.8 Å². The molecule has 0 heterocycles. The van der Waals surface area contributed by atoms with Crippen molar-refractivity contribution < 1.29 is 18.7 Å². The van der Waals surface area contributed by atoms with Crippen LogP contribution in [0.5, 0.6) is 5.75 Å². The molecular formula is C17H17ClFN3O3. The van der Waals surface area contributed by atoms with Crippen LogP contribution in [-0.4, -0.2) is 25.1 Å². The molecule has 2 aromatic carbocycles. The Balaban J connectivity index is 1.82. The molecule has 2 aromatic rings. The van der Waals surface area contributed by atoms with Gasteiger partial charge >= 0.3 is 6.03 Å². The topological polar surface area (TPSA) is 79.5 Å². The molecule has 0 fully saturated rings. The van der Waals surface area contributed by atoms with Gasteiger partial charge in [-0.25, -0.2) is 9.18 Å². The highest BCUT2D eigenvalue weighted by Gasteiger charge is 2.08. The molecule has 0 aliphatic heterocycles. The Hall–Kier alpha value is -2.80. The molecule has 0 saturated heterocycles. The monoisotopic (exact) mass is 365 g/mol. The molecule has 132 valence electrons. The van der Waals surface area contributed by atoms with Crippen molar-refractivity contribution in [1.82, 2.24) is 5.32 Å². The van der Waals surface area contributed by atoms with Crippen molar-refractivity contribution in [3.8, 4) is 5.75 Å². The number of benzene rings is 2. The summed E-state index contributed by atoms with van der Waals surface area (Å²) in [5, 5.41) is 7.78. The van der Waals surface area contributed by atoms with E-state index in [1.165, 1.54) is 18.2 Å². The van der Waals surface area contributed by atoms with Crippen molar-refractivity contribution in [3.05, 3.63) is 53.3 Å². The van der Waals surface area contributed by atoms with Crippen LogP contribution in [0, 0.1) is 5.82 Å². The second-order valence-electron chi connectivity index (χ2n) is 4.94. The minimum atomic E-state index is -0.574. The number of hydrogen-bond acceptors (Lipinski definition) is 3. The lowest BCUT2D eigenvalue weighted by Gasteiger charge is -2.10. The molecule has 0 radical (unpaired) electrons. The Morgan fingerprint density at radius 2 is 1.88 bits per heavy atom. The minimum Gasteiger partial charge on any atom is -0.492 e. The van der Waals surface area contributed by atoms with Gasteiger partial charge in [0.05, 0.1) is 18.2 Å². The Morgan fingerprint density at radius 1 is 1.12 bits per heavy atom. The first-order valence-electron chi connectivity index (χ1n) is 7.50. The predicted molar refractivity (Wildman–Crippen MR) is 94.7 cm³/mol. The highest BCUT2D eigenvalue weighted by molar-refractivity contribution is 6.32. The summed E-state index contributed by atoms with van der Waals surface area (Å²) in [5.74, 6) is -0.425. The summed E-state index contributed by atoms with van der Waals surface area (Å²) >= 11 is 6.03.